The van der Waals surface area contributed by atoms with Gasteiger partial charge in [-0.15, -0.1) is 0 Å². The number of ether oxygens (including phenoxy) is 1. The number of fused-ring (bicyclic) bond motifs is 1. The van der Waals surface area contributed by atoms with Gasteiger partial charge in [0, 0.05) is 6.54 Å². The fourth-order valence-corrected chi connectivity index (χ4v) is 4.91. The van der Waals surface area contributed by atoms with Crippen LogP contribution in [0.15, 0.2) is 65.6 Å². The lowest BCUT2D eigenvalue weighted by molar-refractivity contribution is 0.0602. The Bertz CT molecular complexity index is 1120. The molecule has 2 aliphatic carbocycles. The summed E-state index contributed by atoms with van der Waals surface area (Å²) in [7, 11) is -2.06. The first-order valence-corrected chi connectivity index (χ1v) is 12.5. The number of unbranched alkanes of at least 4 members (excludes halogenated alkanes) is 2. The predicted octanol–water partition coefficient (Wildman–Crippen LogP) is 5.39. The average molecular weight is 454 g/mol. The zero-order valence-corrected chi connectivity index (χ0v) is 19.7. The molecule has 170 valence electrons. The minimum absolute atomic E-state index is 0.284. The van der Waals surface area contributed by atoms with E-state index in [0.717, 1.165) is 42.4 Å². The summed E-state index contributed by atoms with van der Waals surface area (Å²) in [5.41, 5.74) is 4.92. The van der Waals surface area contributed by atoms with Gasteiger partial charge >= 0.3 is 5.97 Å². The molecule has 0 aliphatic heterocycles. The highest BCUT2D eigenvalue weighted by Crippen LogP contribution is 2.34. The molecule has 0 unspecified atom stereocenters. The molecule has 0 bridgehead atoms. The molecule has 1 aromatic carbocycles. The van der Waals surface area contributed by atoms with E-state index in [0.29, 0.717) is 18.0 Å². The van der Waals surface area contributed by atoms with E-state index < -0.39 is 10.0 Å². The summed E-state index contributed by atoms with van der Waals surface area (Å²) in [6.45, 7) is 4.70. The minimum Gasteiger partial charge on any atom is -0.465 e. The number of nitrogens with one attached hydrogen (secondary N) is 1. The van der Waals surface area contributed by atoms with Gasteiger partial charge in [0.15, 0.2) is 0 Å². The summed E-state index contributed by atoms with van der Waals surface area (Å²) in [6, 6.07) is 18.6. The van der Waals surface area contributed by atoms with E-state index in [1.54, 1.807) is 30.3 Å². The molecule has 6 heteroatoms. The Hall–Kier alpha value is -2.70. The van der Waals surface area contributed by atoms with Crippen molar-refractivity contribution in [3.05, 3.63) is 77.4 Å². The van der Waals surface area contributed by atoms with Crippen molar-refractivity contribution in [3.8, 4) is 11.1 Å². The van der Waals surface area contributed by atoms with Crippen LogP contribution in [0.3, 0.4) is 0 Å². The summed E-state index contributed by atoms with van der Waals surface area (Å²) in [6.07, 6.45) is 3.36. The molecule has 32 heavy (non-hydrogen) atoms. The van der Waals surface area contributed by atoms with Crippen LogP contribution < -0.4 is 4.72 Å². The fourth-order valence-electron chi connectivity index (χ4n) is 3.82. The molecule has 5 nitrogen and oxygen atoms in total. The predicted molar refractivity (Wildman–Crippen MR) is 128 cm³/mol. The number of sulfonamides is 1. The molecule has 0 heterocycles. The number of aryl methyl sites for hydroxylation is 1. The topological polar surface area (TPSA) is 72.5 Å². The third kappa shape index (κ3) is 5.75. The molecule has 0 aromatic heterocycles. The fraction of sp³-hybridized carbons (Fsp3) is 0.346. The Morgan fingerprint density at radius 1 is 0.938 bits per heavy atom. The second-order valence-electron chi connectivity index (χ2n) is 8.25. The standard InChI is InChI=1S/C26H31NO4S/c1-19(2)20-13-15-23-21(18-25(26(28)31-3)24(23)16-14-20)10-6-5-9-17-27-32(29,30)22-11-7-4-8-12-22/h4,7-8,11-16,18-19,27H,5-6,9-10,17H2,1-3H3. The van der Waals surface area contributed by atoms with Crippen LogP contribution >= 0.6 is 0 Å². The highest BCUT2D eigenvalue weighted by atomic mass is 32.2. The van der Waals surface area contributed by atoms with Gasteiger partial charge in [0.05, 0.1) is 17.6 Å². The highest BCUT2D eigenvalue weighted by Gasteiger charge is 2.20. The lowest BCUT2D eigenvalue weighted by Gasteiger charge is -2.07. The zero-order chi connectivity index (χ0) is 23.1. The van der Waals surface area contributed by atoms with Crippen molar-refractivity contribution >= 4 is 16.0 Å². The van der Waals surface area contributed by atoms with E-state index in [9.17, 15) is 13.2 Å². The molecular formula is C26H31NO4S. The Balaban J connectivity index is 1.62. The van der Waals surface area contributed by atoms with Crippen molar-refractivity contribution in [1.82, 2.24) is 4.72 Å². The Morgan fingerprint density at radius 2 is 1.62 bits per heavy atom. The number of hydrogen-bond donors (Lipinski definition) is 1. The largest absolute Gasteiger partial charge is 0.465 e. The van der Waals surface area contributed by atoms with E-state index in [2.05, 4.69) is 36.8 Å². The van der Waals surface area contributed by atoms with E-state index in [1.165, 1.54) is 12.7 Å². The van der Waals surface area contributed by atoms with Crippen LogP contribution in [0.4, 0.5) is 0 Å². The number of carbonyl (C=O) groups is 1. The lowest BCUT2D eigenvalue weighted by atomic mass is 10.0. The molecule has 0 saturated heterocycles. The maximum atomic E-state index is 12.3. The van der Waals surface area contributed by atoms with E-state index in [1.807, 2.05) is 12.1 Å². The van der Waals surface area contributed by atoms with Crippen LogP contribution in [-0.4, -0.2) is 28.0 Å². The summed E-state index contributed by atoms with van der Waals surface area (Å²) in [5, 5.41) is 0. The van der Waals surface area contributed by atoms with Crippen LogP contribution in [0.25, 0.3) is 11.1 Å². The van der Waals surface area contributed by atoms with Crippen molar-refractivity contribution in [2.75, 3.05) is 13.7 Å². The van der Waals surface area contributed by atoms with Gasteiger partial charge in [-0.3, -0.25) is 0 Å². The van der Waals surface area contributed by atoms with Crippen molar-refractivity contribution in [1.29, 1.82) is 0 Å². The molecule has 1 N–H and O–H groups in total. The molecule has 0 spiro atoms. The number of carbonyl (C=O) groups excluding carboxylic acids is 1. The first kappa shape index (κ1) is 24.0. The summed E-state index contributed by atoms with van der Waals surface area (Å²) in [4.78, 5) is 12.6. The van der Waals surface area contributed by atoms with Crippen molar-refractivity contribution in [2.45, 2.75) is 50.3 Å². The number of rotatable bonds is 10. The van der Waals surface area contributed by atoms with E-state index in [4.69, 9.17) is 4.74 Å². The molecule has 0 atom stereocenters. The Morgan fingerprint density at radius 3 is 2.28 bits per heavy atom. The normalized spacial score (nSPS) is 11.8. The smallest absolute Gasteiger partial charge is 0.338 e. The summed E-state index contributed by atoms with van der Waals surface area (Å²) < 4.78 is 32.2. The maximum absolute atomic E-state index is 12.3. The van der Waals surface area contributed by atoms with Gasteiger partial charge in [0.2, 0.25) is 10.0 Å². The van der Waals surface area contributed by atoms with Crippen molar-refractivity contribution < 1.29 is 17.9 Å². The van der Waals surface area contributed by atoms with Gasteiger partial charge < -0.3 is 4.74 Å². The molecule has 0 radical (unpaired) electrons. The third-order valence-corrected chi connectivity index (χ3v) is 7.15. The average Bonchev–Trinajstić information content (AvgIpc) is 2.97. The van der Waals surface area contributed by atoms with Gasteiger partial charge in [-0.2, -0.15) is 0 Å². The monoisotopic (exact) mass is 453 g/mol. The Kier molecular flexibility index (Phi) is 8.04. The number of hydrogen-bond acceptors (Lipinski definition) is 4. The molecule has 1 aromatic rings. The van der Waals surface area contributed by atoms with Crippen molar-refractivity contribution in [2.24, 2.45) is 0 Å². The van der Waals surface area contributed by atoms with Gasteiger partial charge in [-0.25, -0.2) is 17.9 Å². The van der Waals surface area contributed by atoms with Crippen molar-refractivity contribution in [3.63, 3.8) is 0 Å². The van der Waals surface area contributed by atoms with Gasteiger partial charge in [0.1, 0.15) is 0 Å². The first-order valence-electron chi connectivity index (χ1n) is 11.0. The van der Waals surface area contributed by atoms with E-state index >= 15 is 0 Å². The van der Waals surface area contributed by atoms with Crippen LogP contribution in [0.2, 0.25) is 0 Å². The lowest BCUT2D eigenvalue weighted by Crippen LogP contribution is -2.24. The minimum atomic E-state index is -3.46. The summed E-state index contributed by atoms with van der Waals surface area (Å²) in [5.74, 6) is 0.0741. The molecule has 0 saturated carbocycles. The summed E-state index contributed by atoms with van der Waals surface area (Å²) >= 11 is 0. The zero-order valence-electron chi connectivity index (χ0n) is 18.9. The van der Waals surface area contributed by atoms with E-state index in [-0.39, 0.29) is 10.9 Å². The van der Waals surface area contributed by atoms with Gasteiger partial charge in [-0.1, -0.05) is 62.7 Å². The first-order chi connectivity index (χ1) is 15.3. The molecule has 0 fully saturated rings. The van der Waals surface area contributed by atoms with Crippen LogP contribution in [0.5, 0.6) is 0 Å². The van der Waals surface area contributed by atoms with Crippen LogP contribution in [0, 0.1) is 0 Å². The molecule has 0 amide bonds. The highest BCUT2D eigenvalue weighted by molar-refractivity contribution is 7.89. The van der Waals surface area contributed by atoms with Crippen LogP contribution in [0.1, 0.15) is 60.5 Å². The molecule has 3 rings (SSSR count). The van der Waals surface area contributed by atoms with Gasteiger partial charge in [0.25, 0.3) is 0 Å². The number of esters is 1. The number of methoxy groups -OCH3 is 1. The second-order valence-corrected chi connectivity index (χ2v) is 10.0. The SMILES string of the molecule is COC(=O)c1cc(CCCCCNS(=O)(=O)c2ccccc2)c2ccc(C(C)C)ccc1-2. The van der Waals surface area contributed by atoms with Crippen LogP contribution in [-0.2, 0) is 21.2 Å². The second kappa shape index (κ2) is 10.7. The third-order valence-electron chi connectivity index (χ3n) is 5.67. The quantitative estimate of drug-likeness (QED) is 0.330. The molecule has 2 aliphatic rings. The molecular weight excluding hydrogens is 422 g/mol. The van der Waals surface area contributed by atoms with Gasteiger partial charge in [-0.05, 0) is 65.6 Å². The maximum Gasteiger partial charge on any atom is 0.338 e. The number of benzene rings is 1. The Labute approximate surface area is 191 Å².